The van der Waals surface area contributed by atoms with Gasteiger partial charge in [-0.1, -0.05) is 157 Å². The molecule has 28 heteroatoms. The average molecular weight is 2180 g/mol. The zero-order valence-corrected chi connectivity index (χ0v) is 93.5. The van der Waals surface area contributed by atoms with Crippen molar-refractivity contribution in [3.8, 4) is 0 Å². The van der Waals surface area contributed by atoms with Crippen LogP contribution in [0.3, 0.4) is 0 Å². The highest BCUT2D eigenvalue weighted by molar-refractivity contribution is 7.98. The average Bonchev–Trinajstić information content (AvgIpc) is 0.723. The topological polar surface area (TPSA) is 211 Å². The summed E-state index contributed by atoms with van der Waals surface area (Å²) in [6.07, 6.45) is 23.0. The summed E-state index contributed by atoms with van der Waals surface area (Å²) in [5, 5.41) is 31.5. The lowest BCUT2D eigenvalue weighted by molar-refractivity contribution is -0.207. The molecule has 27 rings (SSSR count). The normalized spacial score (nSPS) is 30.4. The van der Waals surface area contributed by atoms with Crippen LogP contribution in [-0.4, -0.2) is 197 Å². The van der Waals surface area contributed by atoms with Crippen molar-refractivity contribution < 1.29 is 108 Å². The maximum absolute atomic E-state index is 12.9. The summed E-state index contributed by atoms with van der Waals surface area (Å²) in [4.78, 5) is 67.1. The maximum atomic E-state index is 12.9. The van der Waals surface area contributed by atoms with Crippen LogP contribution < -0.4 is 0 Å². The second-order valence-electron chi connectivity index (χ2n) is 48.6. The number of carbonyl (C=O) groups excluding carboxylic acids is 5. The first-order valence-corrected chi connectivity index (χ1v) is 62.0. The molecule has 0 amide bonds. The molecular formula is C122H161F8O15S5+5. The zero-order chi connectivity index (χ0) is 107. The van der Waals surface area contributed by atoms with Crippen LogP contribution in [0.4, 0.5) is 35.1 Å². The number of esters is 4. The number of carbonyl (C=O) groups is 5. The van der Waals surface area contributed by atoms with Gasteiger partial charge in [-0.3, -0.25) is 4.79 Å². The molecule has 8 unspecified atom stereocenters. The van der Waals surface area contributed by atoms with Crippen LogP contribution in [-0.2, 0) is 122 Å². The molecule has 16 aliphatic carbocycles. The van der Waals surface area contributed by atoms with E-state index in [9.17, 15) is 74.4 Å². The maximum Gasteiger partial charge on any atom is 0.377 e. The molecule has 7 aromatic carbocycles. The van der Waals surface area contributed by atoms with E-state index in [1.54, 1.807) is 4.90 Å². The summed E-state index contributed by atoms with van der Waals surface area (Å²) in [5.41, 5.74) is -0.155. The molecule has 4 saturated heterocycles. The van der Waals surface area contributed by atoms with Gasteiger partial charge in [0.25, 0.3) is 0 Å². The van der Waals surface area contributed by atoms with E-state index in [0.717, 1.165) is 149 Å². The highest BCUT2D eigenvalue weighted by Gasteiger charge is 2.63. The second kappa shape index (κ2) is 49.9. The predicted octanol–water partition coefficient (Wildman–Crippen LogP) is 25.2. The fourth-order valence-corrected chi connectivity index (χ4v) is 37.7. The first-order valence-electron chi connectivity index (χ1n) is 54.5. The van der Waals surface area contributed by atoms with Gasteiger partial charge in [-0.25, -0.2) is 19.2 Å². The molecule has 0 aromatic heterocycles. The van der Waals surface area contributed by atoms with E-state index in [1.807, 2.05) is 0 Å². The van der Waals surface area contributed by atoms with E-state index in [-0.39, 0.29) is 75.4 Å². The highest BCUT2D eigenvalue weighted by Crippen LogP contribution is 2.65. The first kappa shape index (κ1) is 117. The van der Waals surface area contributed by atoms with Crippen LogP contribution in [0.2, 0.25) is 0 Å². The quantitative estimate of drug-likeness (QED) is 0.0316. The number of ether oxygens (including phenoxy) is 7. The smallest absolute Gasteiger partial charge is 0.377 e. The van der Waals surface area contributed by atoms with Crippen LogP contribution in [0.15, 0.2) is 234 Å². The highest BCUT2D eigenvalue weighted by atomic mass is 32.2. The summed E-state index contributed by atoms with van der Waals surface area (Å²) in [6, 6.07) is 72.4. The minimum Gasteiger partial charge on any atom is -0.461 e. The van der Waals surface area contributed by atoms with Gasteiger partial charge in [0.05, 0.1) is 87.2 Å². The van der Waals surface area contributed by atoms with Gasteiger partial charge in [0.15, 0.2) is 34.3 Å². The number of halogens is 8. The summed E-state index contributed by atoms with van der Waals surface area (Å²) >= 11 is 0. The molecule has 15 nitrogen and oxygen atoms in total. The Balaban J connectivity index is 0.000000127. The minimum atomic E-state index is -3.45. The molecule has 8 atom stereocenters. The Labute approximate surface area is 899 Å². The third-order valence-electron chi connectivity index (χ3n) is 33.0. The minimum absolute atomic E-state index is 0.0146. The number of rotatable bonds is 18. The van der Waals surface area contributed by atoms with Crippen molar-refractivity contribution in [1.82, 2.24) is 0 Å². The van der Waals surface area contributed by atoms with E-state index in [4.69, 9.17) is 33.2 Å². The van der Waals surface area contributed by atoms with Gasteiger partial charge in [0.1, 0.15) is 57.4 Å². The number of Topliss-reactive ketones (excluding diaryl/α,β-unsaturated/α-hetero) is 1. The summed E-state index contributed by atoms with van der Waals surface area (Å²) in [6.45, 7) is 21.5. The van der Waals surface area contributed by atoms with E-state index < -0.39 is 70.0 Å². The Morgan fingerprint density at radius 3 is 0.820 bits per heavy atom. The number of alkyl halides is 8. The Hall–Kier alpha value is -6.96. The van der Waals surface area contributed by atoms with Crippen molar-refractivity contribution in [3.05, 3.63) is 211 Å². The van der Waals surface area contributed by atoms with Crippen LogP contribution in [0, 0.1) is 69.5 Å². The SMILES string of the molecule is CC(C)(C)c1ccc([S+]2CCOCC2)cc1.CC(C)(C)c1ccc([S+]2CCOCC2)cc1.CC(F)(F)C(=O)OC12CC3CC(C1)C(=O)C(C3)C2.CC(F)(F)C(=O)OCC12CC3CC(CC(O)(C3)C1)C2.CC(F)(F)C(=O)OCC12CC3CC(CC(O)(C3)C1)C2.CC(F)(F)C(=O)OCC12CC3CC(CC(O)(C3)C1)C2.c1ccc([S+](c2ccccc2)c2ccccc2)cc1.c1ccc([S+]2CCCCC2)cc1.c1ccc([S+]2CCOCC2)cc1. The fourth-order valence-electron chi connectivity index (χ4n) is 27.8. The summed E-state index contributed by atoms with van der Waals surface area (Å²) in [7, 11) is 1.91. The summed E-state index contributed by atoms with van der Waals surface area (Å²) in [5.74, 6) is -6.18. The predicted molar refractivity (Wildman–Crippen MR) is 581 cm³/mol. The molecule has 20 aliphatic rings. The largest absolute Gasteiger partial charge is 0.461 e. The number of hydrogen-bond acceptors (Lipinski definition) is 15. The van der Waals surface area contributed by atoms with Crippen molar-refractivity contribution in [3.63, 3.8) is 0 Å². The van der Waals surface area contributed by atoms with Crippen molar-refractivity contribution in [1.29, 1.82) is 0 Å². The lowest BCUT2D eigenvalue weighted by Gasteiger charge is -2.59. The van der Waals surface area contributed by atoms with Crippen molar-refractivity contribution >= 4 is 84.1 Å². The molecule has 16 bridgehead atoms. The third-order valence-corrected chi connectivity index (χ3v) is 44.5. The van der Waals surface area contributed by atoms with Gasteiger partial charge in [0, 0.05) is 99.4 Å². The van der Waals surface area contributed by atoms with Crippen molar-refractivity contribution in [2.24, 2.45) is 69.5 Å². The zero-order valence-electron chi connectivity index (χ0n) is 89.5. The number of benzene rings is 7. The Kier molecular flexibility index (Phi) is 38.9. The standard InChI is InChI=1S/C18H15S.3C14H20F2O3.2C14H21OS.C13H16F2O3.C11H15S.C10H13OS/c1-4-10-16(11-5-1)19(17-12-6-2-7-13-17)18-14-8-3-9-15-18;3*1-12(15,16)11(17)19-8-13-3-9-2-10(4-13)6-14(18,5-9)7-13;2*1-14(2,3)12-4-6-13(7-5-12)16-10-8-15-9-11-16;1-12(14,15)11(17)18-13-4-7-2-8(5-13)10(16)9(3-7)6-13;1-3-7-11(8-4-1)12-9-5-2-6-10-12;1-2-4-10(5-3-1)12-8-6-11-7-9-12/h1-15H;3*9-10,18H,2-8H2,1H3;2*4-7H,8-11H2,1-3H3;7-9H,2-6H2,1H3;1,3-4,7-8H,2,5-6,9-10H2;1-5H,6-9H2/q+1;;;;2*+1;;2*+1. The van der Waals surface area contributed by atoms with E-state index in [1.165, 1.54) is 106 Å². The Morgan fingerprint density at radius 1 is 0.313 bits per heavy atom. The van der Waals surface area contributed by atoms with Crippen LogP contribution in [0.5, 0.6) is 0 Å². The molecule has 4 heterocycles. The Bertz CT molecular complexity index is 5020. The Morgan fingerprint density at radius 2 is 0.567 bits per heavy atom. The van der Waals surface area contributed by atoms with E-state index in [2.05, 4.69) is 242 Å². The molecule has 4 aliphatic heterocycles. The van der Waals surface area contributed by atoms with Crippen LogP contribution in [0.25, 0.3) is 0 Å². The van der Waals surface area contributed by atoms with Gasteiger partial charge >= 0.3 is 47.6 Å². The molecule has 150 heavy (non-hydrogen) atoms. The number of aliphatic hydroxyl groups is 3. The third kappa shape index (κ3) is 32.2. The van der Waals surface area contributed by atoms with Gasteiger partial charge in [-0.15, -0.1) is 0 Å². The first-order chi connectivity index (χ1) is 70.9. The lowest BCUT2D eigenvalue weighted by Crippen LogP contribution is -2.57. The van der Waals surface area contributed by atoms with Crippen molar-refractivity contribution in [2.75, 3.05) is 105 Å². The monoisotopic (exact) mass is 2180 g/mol. The van der Waals surface area contributed by atoms with Crippen molar-refractivity contribution in [2.45, 2.75) is 327 Å². The molecule has 16 saturated carbocycles. The lowest BCUT2D eigenvalue weighted by atomic mass is 9.48. The molecule has 0 spiro atoms. The molecule has 820 valence electrons. The summed E-state index contributed by atoms with van der Waals surface area (Å²) < 4.78 is 139. The fraction of sp³-hybridized carbons (Fsp3) is 0.615. The van der Waals surface area contributed by atoms with Gasteiger partial charge in [0.2, 0.25) is 0 Å². The van der Waals surface area contributed by atoms with E-state index in [0.29, 0.717) is 151 Å². The van der Waals surface area contributed by atoms with E-state index >= 15 is 0 Å². The molecule has 0 radical (unpaired) electrons. The van der Waals surface area contributed by atoms with Gasteiger partial charge in [-0.05, 0) is 315 Å². The number of hydrogen-bond donors (Lipinski definition) is 3. The molecule has 20 fully saturated rings. The molecular weight excluding hydrogens is 2020 g/mol. The van der Waals surface area contributed by atoms with Gasteiger partial charge < -0.3 is 48.5 Å². The number of ketones is 1. The molecule has 7 aromatic rings. The molecule has 3 N–H and O–H groups in total. The van der Waals surface area contributed by atoms with Crippen LogP contribution in [0.1, 0.15) is 247 Å². The van der Waals surface area contributed by atoms with Gasteiger partial charge in [-0.2, -0.15) is 35.1 Å². The second-order valence-corrected chi connectivity index (χ2v) is 59.7. The van der Waals surface area contributed by atoms with Crippen LogP contribution >= 0.6 is 0 Å².